The Morgan fingerprint density at radius 3 is 2.33 bits per heavy atom. The van der Waals surface area contributed by atoms with Crippen LogP contribution in [0.3, 0.4) is 0 Å². The molecule has 1 heterocycles. The number of nitrogens with zero attached hydrogens (tertiary/aromatic N) is 1. The van der Waals surface area contributed by atoms with Gasteiger partial charge in [-0.3, -0.25) is 0 Å². The molecule has 0 aromatic heterocycles. The first-order valence-corrected chi connectivity index (χ1v) is 4.83. The van der Waals surface area contributed by atoms with Crippen LogP contribution in [0.15, 0.2) is 0 Å². The lowest BCUT2D eigenvalue weighted by Gasteiger charge is -2.28. The van der Waals surface area contributed by atoms with Crippen molar-refractivity contribution in [3.63, 3.8) is 0 Å². The molecule has 0 radical (unpaired) electrons. The van der Waals surface area contributed by atoms with Crippen molar-refractivity contribution in [2.45, 2.75) is 45.8 Å². The molecule has 0 aromatic carbocycles. The molecule has 0 aliphatic carbocycles. The van der Waals surface area contributed by atoms with Crippen LogP contribution in [0.4, 0.5) is 9.59 Å². The lowest BCUT2D eigenvalue weighted by Crippen LogP contribution is -2.48. The molecule has 5 nitrogen and oxygen atoms in total. The summed E-state index contributed by atoms with van der Waals surface area (Å²) in [5.74, 6) is 0. The first-order valence-electron chi connectivity index (χ1n) is 4.83. The van der Waals surface area contributed by atoms with Crippen LogP contribution in [0.25, 0.3) is 0 Å². The standard InChI is InChI=1S/C10H17NO4/c1-9(2,3)15-8(13)11-7(12)14-6-10(11,4)5/h6H2,1-5H3. The maximum Gasteiger partial charge on any atom is 0.420 e. The second-order valence-electron chi connectivity index (χ2n) is 5.18. The quantitative estimate of drug-likeness (QED) is 0.621. The average molecular weight is 215 g/mol. The second kappa shape index (κ2) is 3.40. The molecular formula is C10H17NO4. The fourth-order valence-corrected chi connectivity index (χ4v) is 1.24. The third kappa shape index (κ3) is 2.61. The molecule has 0 N–H and O–H groups in total. The summed E-state index contributed by atoms with van der Waals surface area (Å²) in [6.07, 6.45) is -1.30. The number of carbonyl (C=O) groups excluding carboxylic acids is 2. The van der Waals surface area contributed by atoms with E-state index < -0.39 is 23.3 Å². The minimum absolute atomic E-state index is 0.199. The molecular weight excluding hydrogens is 198 g/mol. The van der Waals surface area contributed by atoms with Gasteiger partial charge in [-0.2, -0.15) is 0 Å². The number of carbonyl (C=O) groups is 2. The summed E-state index contributed by atoms with van der Waals surface area (Å²) in [7, 11) is 0. The minimum Gasteiger partial charge on any atom is -0.447 e. The molecule has 5 heteroatoms. The third-order valence-electron chi connectivity index (χ3n) is 1.91. The van der Waals surface area contributed by atoms with E-state index in [9.17, 15) is 9.59 Å². The maximum absolute atomic E-state index is 11.7. The number of rotatable bonds is 0. The lowest BCUT2D eigenvalue weighted by molar-refractivity contribution is 0.0227. The number of imide groups is 1. The Morgan fingerprint density at radius 1 is 1.47 bits per heavy atom. The SMILES string of the molecule is CC(C)(C)OC(=O)N1C(=O)OCC1(C)C. The van der Waals surface area contributed by atoms with Gasteiger partial charge in [0, 0.05) is 0 Å². The highest BCUT2D eigenvalue weighted by Gasteiger charge is 2.46. The topological polar surface area (TPSA) is 55.8 Å². The average Bonchev–Trinajstić information content (AvgIpc) is 2.21. The molecule has 1 saturated heterocycles. The van der Waals surface area contributed by atoms with Gasteiger partial charge in [0.2, 0.25) is 0 Å². The van der Waals surface area contributed by atoms with Crippen LogP contribution in [0, 0.1) is 0 Å². The number of hydrogen-bond acceptors (Lipinski definition) is 4. The highest BCUT2D eigenvalue weighted by atomic mass is 16.6. The van der Waals surface area contributed by atoms with Gasteiger partial charge in [0.25, 0.3) is 0 Å². The van der Waals surface area contributed by atoms with E-state index in [1.54, 1.807) is 34.6 Å². The van der Waals surface area contributed by atoms with Crippen molar-refractivity contribution in [2.75, 3.05) is 6.61 Å². The summed E-state index contributed by atoms with van der Waals surface area (Å²) in [6.45, 7) is 8.95. The van der Waals surface area contributed by atoms with E-state index in [-0.39, 0.29) is 6.61 Å². The van der Waals surface area contributed by atoms with Gasteiger partial charge < -0.3 is 9.47 Å². The molecule has 86 valence electrons. The zero-order valence-electron chi connectivity index (χ0n) is 9.79. The summed E-state index contributed by atoms with van der Waals surface area (Å²) >= 11 is 0. The fourth-order valence-electron chi connectivity index (χ4n) is 1.24. The van der Waals surface area contributed by atoms with Crippen LogP contribution in [0.5, 0.6) is 0 Å². The Bertz CT molecular complexity index is 290. The summed E-state index contributed by atoms with van der Waals surface area (Å²) < 4.78 is 9.92. The van der Waals surface area contributed by atoms with Gasteiger partial charge in [0.05, 0.1) is 5.54 Å². The van der Waals surface area contributed by atoms with E-state index in [4.69, 9.17) is 9.47 Å². The van der Waals surface area contributed by atoms with Crippen molar-refractivity contribution in [3.8, 4) is 0 Å². The first kappa shape index (κ1) is 11.8. The van der Waals surface area contributed by atoms with Gasteiger partial charge in [-0.1, -0.05) is 0 Å². The molecule has 0 saturated carbocycles. The van der Waals surface area contributed by atoms with E-state index in [2.05, 4.69) is 0 Å². The fraction of sp³-hybridized carbons (Fsp3) is 0.800. The van der Waals surface area contributed by atoms with Crippen molar-refractivity contribution < 1.29 is 19.1 Å². The van der Waals surface area contributed by atoms with Crippen molar-refractivity contribution in [2.24, 2.45) is 0 Å². The Morgan fingerprint density at radius 2 is 2.00 bits per heavy atom. The molecule has 1 aliphatic rings. The molecule has 2 amide bonds. The minimum atomic E-state index is -0.657. The highest BCUT2D eigenvalue weighted by molar-refractivity contribution is 5.90. The molecule has 0 atom stereocenters. The van der Waals surface area contributed by atoms with Crippen molar-refractivity contribution in [3.05, 3.63) is 0 Å². The molecule has 1 aliphatic heterocycles. The van der Waals surface area contributed by atoms with E-state index in [1.165, 1.54) is 0 Å². The molecule has 0 spiro atoms. The summed E-state index contributed by atoms with van der Waals surface area (Å²) in [5.41, 5.74) is -1.25. The third-order valence-corrected chi connectivity index (χ3v) is 1.91. The van der Waals surface area contributed by atoms with Gasteiger partial charge in [-0.15, -0.1) is 0 Å². The van der Waals surface area contributed by atoms with E-state index in [0.29, 0.717) is 0 Å². The first-order chi connectivity index (χ1) is 6.63. The maximum atomic E-state index is 11.7. The van der Waals surface area contributed by atoms with Gasteiger partial charge in [0.15, 0.2) is 0 Å². The summed E-state index contributed by atoms with van der Waals surface area (Å²) in [4.78, 5) is 24.0. The van der Waals surface area contributed by atoms with E-state index in [1.807, 2.05) is 0 Å². The number of ether oxygens (including phenoxy) is 2. The highest BCUT2D eigenvalue weighted by Crippen LogP contribution is 2.25. The van der Waals surface area contributed by atoms with Crippen molar-refractivity contribution >= 4 is 12.2 Å². The smallest absolute Gasteiger partial charge is 0.420 e. The Kier molecular flexibility index (Phi) is 2.67. The zero-order chi connectivity index (χ0) is 11.9. The molecule has 0 unspecified atom stereocenters. The van der Waals surface area contributed by atoms with Crippen LogP contribution in [-0.4, -0.2) is 34.8 Å². The predicted octanol–water partition coefficient (Wildman–Crippen LogP) is 2.15. The monoisotopic (exact) mass is 215 g/mol. The second-order valence-corrected chi connectivity index (χ2v) is 5.18. The van der Waals surface area contributed by atoms with Crippen molar-refractivity contribution in [1.29, 1.82) is 0 Å². The normalized spacial score (nSPS) is 20.1. The zero-order valence-corrected chi connectivity index (χ0v) is 9.79. The molecule has 1 rings (SSSR count). The Balaban J connectivity index is 2.79. The Labute approximate surface area is 89.3 Å². The van der Waals surface area contributed by atoms with Crippen LogP contribution in [0.2, 0.25) is 0 Å². The van der Waals surface area contributed by atoms with Crippen LogP contribution < -0.4 is 0 Å². The van der Waals surface area contributed by atoms with Crippen LogP contribution in [0.1, 0.15) is 34.6 Å². The van der Waals surface area contributed by atoms with E-state index in [0.717, 1.165) is 4.90 Å². The van der Waals surface area contributed by atoms with E-state index >= 15 is 0 Å². The van der Waals surface area contributed by atoms with Crippen LogP contribution >= 0.6 is 0 Å². The Hall–Kier alpha value is -1.26. The van der Waals surface area contributed by atoms with Crippen LogP contribution in [-0.2, 0) is 9.47 Å². The lowest BCUT2D eigenvalue weighted by atomic mass is 10.1. The number of cyclic esters (lactones) is 1. The van der Waals surface area contributed by atoms with Gasteiger partial charge in [-0.05, 0) is 34.6 Å². The molecule has 0 aromatic rings. The molecule has 1 fully saturated rings. The predicted molar refractivity (Wildman–Crippen MR) is 53.5 cm³/mol. The van der Waals surface area contributed by atoms with Gasteiger partial charge in [-0.25, -0.2) is 14.5 Å². The number of hydrogen-bond donors (Lipinski definition) is 0. The number of amides is 2. The largest absolute Gasteiger partial charge is 0.447 e. The molecule has 0 bridgehead atoms. The van der Waals surface area contributed by atoms with Crippen molar-refractivity contribution in [1.82, 2.24) is 4.90 Å². The molecule has 15 heavy (non-hydrogen) atoms. The van der Waals surface area contributed by atoms with Gasteiger partial charge in [0.1, 0.15) is 12.2 Å². The van der Waals surface area contributed by atoms with Gasteiger partial charge >= 0.3 is 12.2 Å². The summed E-state index contributed by atoms with van der Waals surface area (Å²) in [6, 6.07) is 0. The summed E-state index contributed by atoms with van der Waals surface area (Å²) in [5, 5.41) is 0.